The van der Waals surface area contributed by atoms with Crippen LogP contribution < -0.4 is 9.47 Å². The molecule has 2 unspecified atom stereocenters. The van der Waals surface area contributed by atoms with Crippen LogP contribution in [0.25, 0.3) is 0 Å². The SMILES string of the molecule is CC(C)CCCC(O)C1COc2ccccc2O1. The standard InChI is InChI=1S/C15H22O3/c1-11(2)6-5-7-12(16)15-10-17-13-8-3-4-9-14(13)18-15/h3-4,8-9,11-12,15-16H,5-7,10H2,1-2H3. The maximum absolute atomic E-state index is 10.1. The molecule has 1 heterocycles. The predicted octanol–water partition coefficient (Wildman–Crippen LogP) is 3.01. The fourth-order valence-electron chi connectivity index (χ4n) is 2.15. The van der Waals surface area contributed by atoms with E-state index in [9.17, 15) is 5.11 Å². The molecular formula is C15H22O3. The van der Waals surface area contributed by atoms with Gasteiger partial charge < -0.3 is 14.6 Å². The van der Waals surface area contributed by atoms with Crippen LogP contribution >= 0.6 is 0 Å². The minimum atomic E-state index is -0.447. The number of benzene rings is 1. The summed E-state index contributed by atoms with van der Waals surface area (Å²) in [6, 6.07) is 7.59. The predicted molar refractivity (Wildman–Crippen MR) is 71.0 cm³/mol. The summed E-state index contributed by atoms with van der Waals surface area (Å²) in [4.78, 5) is 0. The van der Waals surface area contributed by atoms with Gasteiger partial charge in [0.25, 0.3) is 0 Å². The lowest BCUT2D eigenvalue weighted by Gasteiger charge is -2.29. The Balaban J connectivity index is 1.84. The second-order valence-corrected chi connectivity index (χ2v) is 5.31. The Kier molecular flexibility index (Phi) is 4.48. The van der Waals surface area contributed by atoms with E-state index in [2.05, 4.69) is 13.8 Å². The summed E-state index contributed by atoms with van der Waals surface area (Å²) in [5.41, 5.74) is 0. The molecule has 1 aliphatic rings. The molecule has 2 rings (SSSR count). The lowest BCUT2D eigenvalue weighted by atomic mass is 10.0. The third kappa shape index (κ3) is 3.39. The van der Waals surface area contributed by atoms with E-state index in [4.69, 9.17) is 9.47 Å². The van der Waals surface area contributed by atoms with Gasteiger partial charge in [-0.2, -0.15) is 0 Å². The number of para-hydroxylation sites is 2. The van der Waals surface area contributed by atoms with Crippen molar-refractivity contribution in [2.45, 2.75) is 45.3 Å². The molecule has 0 amide bonds. The highest BCUT2D eigenvalue weighted by Crippen LogP contribution is 2.32. The maximum atomic E-state index is 10.1. The first kappa shape index (κ1) is 13.2. The van der Waals surface area contributed by atoms with Gasteiger partial charge in [0.05, 0.1) is 6.10 Å². The summed E-state index contributed by atoms with van der Waals surface area (Å²) in [6.45, 7) is 4.82. The van der Waals surface area contributed by atoms with Crippen LogP contribution in [-0.2, 0) is 0 Å². The highest BCUT2D eigenvalue weighted by atomic mass is 16.6. The Hall–Kier alpha value is -1.22. The van der Waals surface area contributed by atoms with Crippen molar-refractivity contribution in [2.75, 3.05) is 6.61 Å². The van der Waals surface area contributed by atoms with Crippen LogP contribution in [0.3, 0.4) is 0 Å². The van der Waals surface area contributed by atoms with Crippen molar-refractivity contribution in [3.8, 4) is 11.5 Å². The molecule has 1 aromatic carbocycles. The molecule has 0 fully saturated rings. The van der Waals surface area contributed by atoms with E-state index in [0.717, 1.165) is 30.8 Å². The molecule has 0 aromatic heterocycles. The Morgan fingerprint density at radius 1 is 1.22 bits per heavy atom. The van der Waals surface area contributed by atoms with Crippen molar-refractivity contribution in [2.24, 2.45) is 5.92 Å². The second-order valence-electron chi connectivity index (χ2n) is 5.31. The monoisotopic (exact) mass is 250 g/mol. The normalized spacial score (nSPS) is 19.9. The van der Waals surface area contributed by atoms with E-state index in [1.807, 2.05) is 24.3 Å². The van der Waals surface area contributed by atoms with Crippen molar-refractivity contribution in [3.63, 3.8) is 0 Å². The van der Waals surface area contributed by atoms with Crippen molar-refractivity contribution >= 4 is 0 Å². The Morgan fingerprint density at radius 2 is 1.94 bits per heavy atom. The van der Waals surface area contributed by atoms with Gasteiger partial charge in [-0.15, -0.1) is 0 Å². The minimum Gasteiger partial charge on any atom is -0.486 e. The zero-order chi connectivity index (χ0) is 13.0. The smallest absolute Gasteiger partial charge is 0.161 e. The fourth-order valence-corrected chi connectivity index (χ4v) is 2.15. The first-order chi connectivity index (χ1) is 8.66. The summed E-state index contributed by atoms with van der Waals surface area (Å²) in [7, 11) is 0. The van der Waals surface area contributed by atoms with Gasteiger partial charge in [-0.1, -0.05) is 38.8 Å². The van der Waals surface area contributed by atoms with Crippen LogP contribution in [0.1, 0.15) is 33.1 Å². The average Bonchev–Trinajstić information content (AvgIpc) is 2.37. The lowest BCUT2D eigenvalue weighted by Crippen LogP contribution is -2.39. The maximum Gasteiger partial charge on any atom is 0.161 e. The van der Waals surface area contributed by atoms with Crippen LogP contribution in [-0.4, -0.2) is 23.9 Å². The quantitative estimate of drug-likeness (QED) is 0.873. The molecule has 18 heavy (non-hydrogen) atoms. The third-order valence-electron chi connectivity index (χ3n) is 3.24. The largest absolute Gasteiger partial charge is 0.486 e. The zero-order valence-corrected chi connectivity index (χ0v) is 11.1. The van der Waals surface area contributed by atoms with Gasteiger partial charge in [-0.3, -0.25) is 0 Å². The number of ether oxygens (including phenoxy) is 2. The van der Waals surface area contributed by atoms with Gasteiger partial charge in [-0.05, 0) is 24.5 Å². The molecule has 100 valence electrons. The number of rotatable bonds is 5. The van der Waals surface area contributed by atoms with Gasteiger partial charge in [0.15, 0.2) is 17.6 Å². The summed E-state index contributed by atoms with van der Waals surface area (Å²) >= 11 is 0. The fraction of sp³-hybridized carbons (Fsp3) is 0.600. The van der Waals surface area contributed by atoms with E-state index >= 15 is 0 Å². The van der Waals surface area contributed by atoms with E-state index in [1.54, 1.807) is 0 Å². The van der Waals surface area contributed by atoms with Crippen molar-refractivity contribution in [3.05, 3.63) is 24.3 Å². The van der Waals surface area contributed by atoms with Crippen LogP contribution in [0.2, 0.25) is 0 Å². The molecule has 0 radical (unpaired) electrons. The molecular weight excluding hydrogens is 228 g/mol. The molecule has 1 aromatic rings. The Labute approximate surface area is 109 Å². The van der Waals surface area contributed by atoms with E-state index in [-0.39, 0.29) is 6.10 Å². The molecule has 0 saturated carbocycles. The van der Waals surface area contributed by atoms with Crippen LogP contribution in [0.4, 0.5) is 0 Å². The first-order valence-corrected chi connectivity index (χ1v) is 6.73. The Bertz CT molecular complexity index is 376. The van der Waals surface area contributed by atoms with Gasteiger partial charge in [-0.25, -0.2) is 0 Å². The molecule has 2 atom stereocenters. The third-order valence-corrected chi connectivity index (χ3v) is 3.24. The summed E-state index contributed by atoms with van der Waals surface area (Å²) in [5, 5.41) is 10.1. The minimum absolute atomic E-state index is 0.243. The first-order valence-electron chi connectivity index (χ1n) is 6.73. The number of hydrogen-bond acceptors (Lipinski definition) is 3. The zero-order valence-electron chi connectivity index (χ0n) is 11.1. The van der Waals surface area contributed by atoms with E-state index in [0.29, 0.717) is 12.5 Å². The number of hydrogen-bond donors (Lipinski definition) is 1. The van der Waals surface area contributed by atoms with Gasteiger partial charge in [0.2, 0.25) is 0 Å². The molecule has 3 nitrogen and oxygen atoms in total. The highest BCUT2D eigenvalue weighted by Gasteiger charge is 2.26. The topological polar surface area (TPSA) is 38.7 Å². The molecule has 3 heteroatoms. The van der Waals surface area contributed by atoms with Gasteiger partial charge >= 0.3 is 0 Å². The van der Waals surface area contributed by atoms with E-state index in [1.165, 1.54) is 0 Å². The average molecular weight is 250 g/mol. The molecule has 0 aliphatic carbocycles. The van der Waals surface area contributed by atoms with Crippen LogP contribution in [0, 0.1) is 5.92 Å². The molecule has 1 aliphatic heterocycles. The van der Waals surface area contributed by atoms with Gasteiger partial charge in [0.1, 0.15) is 6.61 Å². The van der Waals surface area contributed by atoms with Gasteiger partial charge in [0, 0.05) is 0 Å². The highest BCUT2D eigenvalue weighted by molar-refractivity contribution is 5.40. The molecule has 1 N–H and O–H groups in total. The number of fused-ring (bicyclic) bond motifs is 1. The number of aliphatic hydroxyl groups is 1. The summed E-state index contributed by atoms with van der Waals surface area (Å²) < 4.78 is 11.4. The second kappa shape index (κ2) is 6.10. The van der Waals surface area contributed by atoms with Crippen molar-refractivity contribution < 1.29 is 14.6 Å². The molecule has 0 spiro atoms. The van der Waals surface area contributed by atoms with Crippen LogP contribution in [0.15, 0.2) is 24.3 Å². The van der Waals surface area contributed by atoms with Crippen molar-refractivity contribution in [1.29, 1.82) is 0 Å². The lowest BCUT2D eigenvalue weighted by molar-refractivity contribution is -0.0148. The molecule has 0 saturated heterocycles. The Morgan fingerprint density at radius 3 is 2.67 bits per heavy atom. The van der Waals surface area contributed by atoms with Crippen LogP contribution in [0.5, 0.6) is 11.5 Å². The summed E-state index contributed by atoms with van der Waals surface area (Å²) in [6.07, 6.45) is 2.25. The molecule has 0 bridgehead atoms. The number of aliphatic hydroxyl groups excluding tert-OH is 1. The summed E-state index contributed by atoms with van der Waals surface area (Å²) in [5.74, 6) is 2.18. The van der Waals surface area contributed by atoms with Crippen molar-refractivity contribution in [1.82, 2.24) is 0 Å². The van der Waals surface area contributed by atoms with E-state index < -0.39 is 6.10 Å².